The van der Waals surface area contributed by atoms with Crippen molar-refractivity contribution in [3.8, 4) is 18.2 Å². The van der Waals surface area contributed by atoms with Crippen molar-refractivity contribution in [3.05, 3.63) is 183 Å². The number of ether oxygens (including phenoxy) is 1. The maximum atomic E-state index is 11.3. The molecular weight excluding hydrogens is 2000 g/mol. The second-order valence-electron chi connectivity index (χ2n) is 40.3. The zero-order chi connectivity index (χ0) is 102. The number of rotatable bonds is 28. The fourth-order valence-corrected chi connectivity index (χ4v) is 24.5. The molecule has 145 heavy (non-hydrogen) atoms. The van der Waals surface area contributed by atoms with Crippen molar-refractivity contribution in [2.24, 2.45) is 47.3 Å². The Labute approximate surface area is 886 Å². The van der Waals surface area contributed by atoms with Crippen LogP contribution in [-0.4, -0.2) is 283 Å². The first-order chi connectivity index (χ1) is 70.0. The topological polar surface area (TPSA) is 371 Å². The van der Waals surface area contributed by atoms with Crippen molar-refractivity contribution in [1.82, 2.24) is 104 Å². The summed E-state index contributed by atoms with van der Waals surface area (Å²) in [5.74, 6) is 8.44. The van der Waals surface area contributed by atoms with E-state index in [2.05, 4.69) is 125 Å². The lowest BCUT2D eigenvalue weighted by atomic mass is 9.80. The summed E-state index contributed by atoms with van der Waals surface area (Å²) in [4.78, 5) is 68.7. The lowest BCUT2D eigenvalue weighted by Gasteiger charge is -2.48. The highest BCUT2D eigenvalue weighted by molar-refractivity contribution is 6.37. The lowest BCUT2D eigenvalue weighted by Crippen LogP contribution is -2.54. The molecule has 11 atom stereocenters. The Morgan fingerprint density at radius 2 is 0.669 bits per heavy atom. The van der Waals surface area contributed by atoms with Crippen molar-refractivity contribution in [2.75, 3.05) is 164 Å². The number of carbonyl (C=O) groups excluding carboxylic acids is 1. The minimum absolute atomic E-state index is 0.114. The second-order valence-corrected chi connectivity index (χ2v) is 43.6. The molecule has 33 nitrogen and oxygen atoms in total. The molecule has 4 N–H and O–H groups in total. The molecule has 0 bridgehead atoms. The Bertz CT molecular complexity index is 6230. The number of alkyl carbamates (subject to hydrolysis) is 1. The first kappa shape index (κ1) is 106. The summed E-state index contributed by atoms with van der Waals surface area (Å²) < 4.78 is 11.8. The van der Waals surface area contributed by atoms with E-state index in [1.54, 1.807) is 75.1 Å². The highest BCUT2D eigenvalue weighted by Crippen LogP contribution is 2.44. The molecule has 12 aromatic rings. The molecule has 0 unspecified atom stereocenters. The van der Waals surface area contributed by atoms with Gasteiger partial charge in [0.15, 0.2) is 39.7 Å². The van der Waals surface area contributed by atoms with E-state index in [-0.39, 0.29) is 67.2 Å². The maximum Gasteiger partial charge on any atom is 0.406 e. The zero-order valence-electron chi connectivity index (χ0n) is 83.3. The van der Waals surface area contributed by atoms with Crippen LogP contribution < -0.4 is 24.9 Å². The van der Waals surface area contributed by atoms with Crippen LogP contribution in [0.4, 0.5) is 28.1 Å². The number of carbonyl (C=O) groups is 1. The normalized spacial score (nSPS) is 20.5. The molecule has 8 aromatic heterocycles. The van der Waals surface area contributed by atoms with Crippen LogP contribution in [0, 0.1) is 88.3 Å². The van der Waals surface area contributed by atoms with Crippen LogP contribution in [0.1, 0.15) is 188 Å². The summed E-state index contributed by atoms with van der Waals surface area (Å²) in [6.45, 7) is 35.2. The third-order valence-electron chi connectivity index (χ3n) is 31.2. The monoisotopic (exact) mass is 2130 g/mol. The maximum absolute atomic E-state index is 11.3. The van der Waals surface area contributed by atoms with Crippen LogP contribution in [0.2, 0.25) is 40.2 Å². The molecule has 768 valence electrons. The van der Waals surface area contributed by atoms with Gasteiger partial charge in [-0.2, -0.15) is 36.2 Å². The number of halogens is 8. The van der Waals surface area contributed by atoms with Gasteiger partial charge in [0.25, 0.3) is 0 Å². The van der Waals surface area contributed by atoms with Crippen LogP contribution in [-0.2, 0) is 4.74 Å². The van der Waals surface area contributed by atoms with E-state index in [0.717, 1.165) is 193 Å². The van der Waals surface area contributed by atoms with Gasteiger partial charge in [-0.05, 0) is 270 Å². The number of nitrogens with zero attached hydrogens (tertiary/aromatic N) is 27. The minimum Gasteiger partial charge on any atom is -0.453 e. The summed E-state index contributed by atoms with van der Waals surface area (Å²) in [5, 5.41) is 82.5. The van der Waals surface area contributed by atoms with Crippen molar-refractivity contribution in [3.63, 3.8) is 0 Å². The van der Waals surface area contributed by atoms with Crippen LogP contribution >= 0.6 is 92.8 Å². The molecule has 20 rings (SSSR count). The predicted molar refractivity (Wildman–Crippen MR) is 570 cm³/mol. The fourth-order valence-electron chi connectivity index (χ4n) is 22.2. The van der Waals surface area contributed by atoms with Gasteiger partial charge in [0.05, 0.1) is 61.8 Å². The highest BCUT2D eigenvalue weighted by atomic mass is 35.5. The molecule has 8 fully saturated rings. The van der Waals surface area contributed by atoms with Crippen LogP contribution in [0.3, 0.4) is 0 Å². The number of benzene rings is 4. The number of nitrogens with one attached hydrogen (secondary N) is 1. The van der Waals surface area contributed by atoms with Gasteiger partial charge in [-0.25, -0.2) is 63.4 Å². The number of aliphatic hydroxyl groups is 3. The molecule has 41 heteroatoms. The van der Waals surface area contributed by atoms with Gasteiger partial charge < -0.3 is 64.6 Å². The van der Waals surface area contributed by atoms with Crippen LogP contribution in [0.15, 0.2) is 97.6 Å². The molecule has 0 spiro atoms. The number of anilines is 4. The average Bonchev–Trinajstić information content (AvgIpc) is 1.54. The number of fused-ring (bicyclic) bond motifs is 4. The first-order valence-electron chi connectivity index (χ1n) is 50.6. The molecule has 16 heterocycles. The number of piperidine rings is 4. The van der Waals surface area contributed by atoms with Gasteiger partial charge in [-0.3, -0.25) is 0 Å². The summed E-state index contributed by atoms with van der Waals surface area (Å²) >= 11 is 50.2. The Morgan fingerprint density at radius 3 is 0.952 bits per heavy atom. The first-order valence-corrected chi connectivity index (χ1v) is 53.6. The van der Waals surface area contributed by atoms with Gasteiger partial charge in [0, 0.05) is 170 Å². The van der Waals surface area contributed by atoms with Gasteiger partial charge in [-0.1, -0.05) is 117 Å². The summed E-state index contributed by atoms with van der Waals surface area (Å²) in [5.41, 5.74) is 9.88. The molecule has 1 amide bonds. The number of aryl methyl sites for hydroxylation is 1. The number of nitriles is 3. The van der Waals surface area contributed by atoms with Gasteiger partial charge >= 0.3 is 6.09 Å². The SMILES string of the molecule is COC(=O)NCCN1CCC[C@H](C2CN(c3cnc4c(C)nn([C@H](C)c5ccc(Cl)cc5Cl)c4n3)C2)C1.C[C@H](CCO)N1CCC[C@@H](C2CN(c3cnc4c(C#N)nn([C@H](C)c5ccc(Cl)cc5Cl)c4n3)C2)C1.C[C@H](CCO)N1CCC[C@H](C2CN(c3cnc4c(C#N)nn([C@H](C)c5ccc(Cl)cc5Cl)c4n3)C2)C1.C[C@H](c1ccc(Cl)cc1Cl)n1nc(C#N)c2ncc(N3CC([C@@H]4CCCN([C@@H](C)CCO)C4)C3)nc21. The fraction of sp³-hybridized carbons (Fsp3) is 0.538. The summed E-state index contributed by atoms with van der Waals surface area (Å²) in [6.07, 6.45) is 19.1. The molecule has 0 saturated carbocycles. The quantitative estimate of drug-likeness (QED) is 0.0354. The van der Waals surface area contributed by atoms with Crippen LogP contribution in [0.5, 0.6) is 0 Å². The average molecular weight is 2130 g/mol. The van der Waals surface area contributed by atoms with Crippen molar-refractivity contribution >= 4 is 167 Å². The molecule has 8 aliphatic rings. The van der Waals surface area contributed by atoms with E-state index in [1.165, 1.54) is 58.5 Å². The minimum atomic E-state index is -0.372. The Hall–Kier alpha value is -9.94. The van der Waals surface area contributed by atoms with Crippen molar-refractivity contribution in [1.29, 1.82) is 15.8 Å². The van der Waals surface area contributed by atoms with E-state index in [0.29, 0.717) is 146 Å². The number of likely N-dealkylation sites (tertiary alicyclic amines) is 4. The van der Waals surface area contributed by atoms with Gasteiger partial charge in [0.2, 0.25) is 0 Å². The Balaban J connectivity index is 0.000000132. The van der Waals surface area contributed by atoms with E-state index < -0.39 is 0 Å². The molecule has 8 saturated heterocycles. The Kier molecular flexibility index (Phi) is 35.0. The summed E-state index contributed by atoms with van der Waals surface area (Å²) in [7, 11) is 1.39. The van der Waals surface area contributed by atoms with E-state index >= 15 is 0 Å². The van der Waals surface area contributed by atoms with Crippen LogP contribution in [0.25, 0.3) is 44.7 Å². The van der Waals surface area contributed by atoms with E-state index in [9.17, 15) is 35.9 Å². The number of hydrogen-bond donors (Lipinski definition) is 4. The molecule has 4 aromatic carbocycles. The summed E-state index contributed by atoms with van der Waals surface area (Å²) in [6, 6.07) is 28.5. The lowest BCUT2D eigenvalue weighted by molar-refractivity contribution is 0.0790. The number of amides is 1. The zero-order valence-corrected chi connectivity index (χ0v) is 89.3. The predicted octanol–water partition coefficient (Wildman–Crippen LogP) is 18.2. The second kappa shape index (κ2) is 47.7. The van der Waals surface area contributed by atoms with Gasteiger partial charge in [0.1, 0.15) is 63.5 Å². The van der Waals surface area contributed by atoms with E-state index in [4.69, 9.17) is 123 Å². The molecule has 0 aliphatic carbocycles. The van der Waals surface area contributed by atoms with Gasteiger partial charge in [-0.15, -0.1) is 0 Å². The largest absolute Gasteiger partial charge is 0.453 e. The van der Waals surface area contributed by atoms with E-state index in [1.807, 2.05) is 68.9 Å². The van der Waals surface area contributed by atoms with Crippen molar-refractivity contribution < 1.29 is 24.9 Å². The Morgan fingerprint density at radius 1 is 0.393 bits per heavy atom. The number of aromatic nitrogens is 16. The molecular formula is C104H126Cl8N28O5. The third-order valence-corrected chi connectivity index (χ3v) is 33.4. The number of methoxy groups -OCH3 is 1. The smallest absolute Gasteiger partial charge is 0.406 e. The number of hydrogen-bond acceptors (Lipinski definition) is 28. The highest BCUT2D eigenvalue weighted by Gasteiger charge is 2.43. The third kappa shape index (κ3) is 23.9. The standard InChI is InChI=1S/C26H33Cl2N7O2.3C26H31Cl2N7O/c1-16-24-25(35(32-16)17(2)21-7-6-20(27)11-22(21)28)31-23(12-30-24)34-14-19(15-34)18-5-4-9-33(13-18)10-8-29-26(36)37-3;3*1-16(7-9-36)33-8-3-4-18(13-33)19-14-34(15-19)24-12-30-25-23(11-29)32-35(26(25)31-24)17(2)21-6-5-20(27)10-22(21)28/h6-7,11-12,17-19H,4-5,8-10,13-15H2,1-3H3,(H,29,36);3*5-6,10,12,16-19,36H,3-4,7-9,13-15H2,1-2H3/t17-,18+;16-,17+,18+;16-,17-,18+;16-,17-,18-/m1011/s1. The molecule has 8 aliphatic heterocycles. The number of aliphatic hydroxyl groups excluding tert-OH is 3. The molecule has 0 radical (unpaired) electrons. The van der Waals surface area contributed by atoms with Crippen molar-refractivity contribution in [2.45, 2.75) is 168 Å².